The van der Waals surface area contributed by atoms with Gasteiger partial charge in [-0.15, -0.1) is 0 Å². The van der Waals surface area contributed by atoms with E-state index in [4.69, 9.17) is 0 Å². The second-order valence-electron chi connectivity index (χ2n) is 11.2. The van der Waals surface area contributed by atoms with Crippen molar-refractivity contribution in [3.8, 4) is 0 Å². The Morgan fingerprint density at radius 1 is 0.364 bits per heavy atom. The van der Waals surface area contributed by atoms with Crippen LogP contribution in [0, 0.1) is 0 Å². The van der Waals surface area contributed by atoms with Gasteiger partial charge < -0.3 is 0 Å². The van der Waals surface area contributed by atoms with Crippen LogP contribution in [0.5, 0.6) is 0 Å². The van der Waals surface area contributed by atoms with Crippen molar-refractivity contribution in [1.29, 1.82) is 0 Å². The molecule has 0 nitrogen and oxygen atoms in total. The molecule has 0 N–H and O–H groups in total. The van der Waals surface area contributed by atoms with Crippen molar-refractivity contribution < 1.29 is 0 Å². The highest BCUT2D eigenvalue weighted by atomic mass is 28.3. The van der Waals surface area contributed by atoms with Crippen molar-refractivity contribution in [2.24, 2.45) is 0 Å². The Hall–Kier alpha value is -0.0431. The van der Waals surface area contributed by atoms with E-state index in [1.165, 1.54) is 147 Å². The molecule has 0 rings (SSSR count). The Labute approximate surface area is 213 Å². The molecular formula is C32H66Si. The van der Waals surface area contributed by atoms with Crippen molar-refractivity contribution in [1.82, 2.24) is 0 Å². The fraction of sp³-hybridized carbons (Fsp3) is 0.938. The smallest absolute Gasteiger partial charge is 0.0573 e. The molecule has 0 aromatic carbocycles. The molecule has 0 unspecified atom stereocenters. The molecular weight excluding hydrogens is 412 g/mol. The summed E-state index contributed by atoms with van der Waals surface area (Å²) in [4.78, 5) is 0. The molecule has 0 heterocycles. The molecule has 0 radical (unpaired) electrons. The molecule has 0 aliphatic heterocycles. The average molecular weight is 479 g/mol. The van der Waals surface area contributed by atoms with Gasteiger partial charge in [-0.1, -0.05) is 186 Å². The quantitative estimate of drug-likeness (QED) is 0.0625. The van der Waals surface area contributed by atoms with Gasteiger partial charge in [-0.3, -0.25) is 0 Å². The first-order valence-corrected chi connectivity index (χ1v) is 18.7. The van der Waals surface area contributed by atoms with Crippen LogP contribution in [0.25, 0.3) is 0 Å². The van der Waals surface area contributed by atoms with E-state index in [1.807, 2.05) is 0 Å². The number of hydrogen-bond acceptors (Lipinski definition) is 0. The third-order valence-corrected chi connectivity index (χ3v) is 13.2. The molecule has 0 aromatic heterocycles. The summed E-state index contributed by atoms with van der Waals surface area (Å²) in [7, 11) is -1.16. The summed E-state index contributed by atoms with van der Waals surface area (Å²) in [6.07, 6.45) is 37.1. The summed E-state index contributed by atoms with van der Waals surface area (Å²) in [6.45, 7) is 9.34. The highest BCUT2D eigenvalue weighted by molar-refractivity contribution is 6.80. The number of rotatable bonds is 27. The predicted octanol–water partition coefficient (Wildman–Crippen LogP) is 12.7. The average Bonchev–Trinajstić information content (AvgIpc) is 2.83. The Balaban J connectivity index is 4.84. The molecule has 0 spiro atoms. The largest absolute Gasteiger partial charge is 0.0912 e. The second-order valence-corrected chi connectivity index (χ2v) is 16.1. The molecule has 0 saturated heterocycles. The van der Waals surface area contributed by atoms with Gasteiger partial charge in [0.1, 0.15) is 0 Å². The maximum Gasteiger partial charge on any atom is 0.0573 e. The van der Waals surface area contributed by atoms with E-state index < -0.39 is 8.07 Å². The van der Waals surface area contributed by atoms with E-state index in [1.54, 1.807) is 18.1 Å². The molecule has 0 saturated carbocycles. The molecule has 198 valence electrons. The van der Waals surface area contributed by atoms with Crippen molar-refractivity contribution in [2.45, 2.75) is 193 Å². The summed E-state index contributed by atoms with van der Waals surface area (Å²) in [5, 5.41) is 0. The van der Waals surface area contributed by atoms with Crippen LogP contribution in [0.1, 0.15) is 169 Å². The molecule has 0 amide bonds. The lowest BCUT2D eigenvalue weighted by Crippen LogP contribution is -2.33. The van der Waals surface area contributed by atoms with Gasteiger partial charge >= 0.3 is 0 Å². The van der Waals surface area contributed by atoms with Crippen molar-refractivity contribution >= 4 is 8.07 Å². The third-order valence-electron chi connectivity index (χ3n) is 7.87. The standard InChI is InChI=1S/C32H66Si/c1-5-9-13-17-21-25-29-33(30-26-22-18-14-10-6-2,31-27-23-19-15-11-7-3)32-28-24-20-16-12-8-4/h21,25H,5-20,22-24,26-32H2,1-4H3. The number of hydrogen-bond donors (Lipinski definition) is 0. The topological polar surface area (TPSA) is 0 Å². The van der Waals surface area contributed by atoms with E-state index in [0.717, 1.165) is 0 Å². The fourth-order valence-electron chi connectivity index (χ4n) is 5.49. The Bertz CT molecular complexity index is 345. The number of unbranched alkanes of at least 4 members (excludes halogenated alkanes) is 18. The van der Waals surface area contributed by atoms with Gasteiger partial charge in [0.05, 0.1) is 8.07 Å². The highest BCUT2D eigenvalue weighted by Gasteiger charge is 2.29. The first kappa shape index (κ1) is 33.0. The van der Waals surface area contributed by atoms with Crippen LogP contribution in [0.2, 0.25) is 24.2 Å². The highest BCUT2D eigenvalue weighted by Crippen LogP contribution is 2.34. The fourth-order valence-corrected chi connectivity index (χ4v) is 10.5. The minimum Gasteiger partial charge on any atom is -0.0912 e. The van der Waals surface area contributed by atoms with Crippen LogP contribution in [0.4, 0.5) is 0 Å². The second kappa shape index (κ2) is 26.6. The maximum atomic E-state index is 2.67. The van der Waals surface area contributed by atoms with Crippen LogP contribution >= 0.6 is 0 Å². The summed E-state index contributed by atoms with van der Waals surface area (Å²) in [5.74, 6) is 0. The molecule has 0 aliphatic carbocycles. The first-order valence-electron chi connectivity index (χ1n) is 15.9. The molecule has 1 heteroatoms. The monoisotopic (exact) mass is 478 g/mol. The van der Waals surface area contributed by atoms with Crippen LogP contribution < -0.4 is 0 Å². The van der Waals surface area contributed by atoms with Crippen molar-refractivity contribution in [2.75, 3.05) is 0 Å². The Kier molecular flexibility index (Phi) is 26.5. The zero-order chi connectivity index (χ0) is 24.3. The minimum absolute atomic E-state index is 1.16. The maximum absolute atomic E-state index is 2.67. The van der Waals surface area contributed by atoms with Crippen LogP contribution in [0.15, 0.2) is 12.2 Å². The summed E-state index contributed by atoms with van der Waals surface area (Å²) >= 11 is 0. The molecule has 0 aliphatic rings. The lowest BCUT2D eigenvalue weighted by atomic mass is 10.1. The normalized spacial score (nSPS) is 12.2. The Morgan fingerprint density at radius 3 is 1.09 bits per heavy atom. The van der Waals surface area contributed by atoms with Gasteiger partial charge in [0.2, 0.25) is 0 Å². The zero-order valence-electron chi connectivity index (χ0n) is 24.0. The van der Waals surface area contributed by atoms with E-state index in [9.17, 15) is 0 Å². The van der Waals surface area contributed by atoms with Crippen LogP contribution in [-0.4, -0.2) is 8.07 Å². The predicted molar refractivity (Wildman–Crippen MR) is 158 cm³/mol. The van der Waals surface area contributed by atoms with Crippen LogP contribution in [0.3, 0.4) is 0 Å². The molecule has 0 aromatic rings. The summed E-state index contributed by atoms with van der Waals surface area (Å²) in [5.41, 5.74) is 0. The Morgan fingerprint density at radius 2 is 0.697 bits per heavy atom. The molecule has 0 bridgehead atoms. The minimum atomic E-state index is -1.16. The van der Waals surface area contributed by atoms with E-state index in [-0.39, 0.29) is 0 Å². The number of allylic oxidation sites excluding steroid dienone is 2. The molecule has 33 heavy (non-hydrogen) atoms. The van der Waals surface area contributed by atoms with Crippen molar-refractivity contribution in [3.05, 3.63) is 12.2 Å². The summed E-state index contributed by atoms with van der Waals surface area (Å²) < 4.78 is 0. The van der Waals surface area contributed by atoms with E-state index >= 15 is 0 Å². The lowest BCUT2D eigenvalue weighted by Gasteiger charge is -2.32. The van der Waals surface area contributed by atoms with E-state index in [2.05, 4.69) is 39.8 Å². The van der Waals surface area contributed by atoms with Gasteiger partial charge in [0.15, 0.2) is 0 Å². The third kappa shape index (κ3) is 22.2. The van der Waals surface area contributed by atoms with Gasteiger partial charge in [-0.25, -0.2) is 0 Å². The first-order chi connectivity index (χ1) is 16.2. The van der Waals surface area contributed by atoms with Gasteiger partial charge in [-0.2, -0.15) is 0 Å². The van der Waals surface area contributed by atoms with Gasteiger partial charge in [-0.05, 0) is 18.9 Å². The van der Waals surface area contributed by atoms with E-state index in [0.29, 0.717) is 0 Å². The summed E-state index contributed by atoms with van der Waals surface area (Å²) in [6, 6.07) is 6.38. The van der Waals surface area contributed by atoms with Gasteiger partial charge in [0.25, 0.3) is 0 Å². The lowest BCUT2D eigenvalue weighted by molar-refractivity contribution is 0.606. The SMILES string of the molecule is CCCCCC=CC[Si](CCCCCCCC)(CCCCCCCC)CCCCCCCC. The molecule has 0 fully saturated rings. The van der Waals surface area contributed by atoms with Crippen LogP contribution in [-0.2, 0) is 0 Å². The van der Waals surface area contributed by atoms with Crippen molar-refractivity contribution in [3.63, 3.8) is 0 Å². The van der Waals surface area contributed by atoms with Gasteiger partial charge in [0, 0.05) is 0 Å². The molecule has 0 atom stereocenters. The zero-order valence-corrected chi connectivity index (χ0v) is 25.0.